The van der Waals surface area contributed by atoms with Gasteiger partial charge in [0.15, 0.2) is 0 Å². The predicted octanol–water partition coefficient (Wildman–Crippen LogP) is 2.04. The van der Waals surface area contributed by atoms with Crippen molar-refractivity contribution in [2.24, 2.45) is 0 Å². The van der Waals surface area contributed by atoms with Crippen molar-refractivity contribution in [3.8, 4) is 0 Å². The molecule has 2 heterocycles. The van der Waals surface area contributed by atoms with E-state index < -0.39 is 0 Å². The fourth-order valence-electron chi connectivity index (χ4n) is 1.77. The number of furan rings is 1. The van der Waals surface area contributed by atoms with Gasteiger partial charge in [-0.05, 0) is 26.0 Å². The van der Waals surface area contributed by atoms with Crippen LogP contribution >= 0.6 is 0 Å². The van der Waals surface area contributed by atoms with Crippen molar-refractivity contribution in [2.45, 2.75) is 26.8 Å². The van der Waals surface area contributed by atoms with Crippen molar-refractivity contribution in [3.05, 3.63) is 29.9 Å². The molecular formula is C12H18N4O. The van der Waals surface area contributed by atoms with Crippen LogP contribution in [0.2, 0.25) is 0 Å². The molecule has 5 heteroatoms. The molecule has 3 N–H and O–H groups in total. The largest absolute Gasteiger partial charge is 0.469 e. The Balaban J connectivity index is 1.98. The van der Waals surface area contributed by atoms with Gasteiger partial charge in [-0.15, -0.1) is 0 Å². The minimum Gasteiger partial charge on any atom is -0.469 e. The summed E-state index contributed by atoms with van der Waals surface area (Å²) in [5.74, 6) is 1.87. The zero-order valence-electron chi connectivity index (χ0n) is 10.2. The Labute approximate surface area is 101 Å². The summed E-state index contributed by atoms with van der Waals surface area (Å²) in [5, 5.41) is 7.66. The summed E-state index contributed by atoms with van der Waals surface area (Å²) in [7, 11) is 0. The number of aromatic nitrogens is 2. The van der Waals surface area contributed by atoms with Gasteiger partial charge in [-0.3, -0.25) is 0 Å². The van der Waals surface area contributed by atoms with Crippen molar-refractivity contribution < 1.29 is 4.42 Å². The molecule has 0 bridgehead atoms. The summed E-state index contributed by atoms with van der Waals surface area (Å²) in [6.07, 6.45) is 2.52. The number of nitrogen functional groups attached to an aromatic ring is 1. The van der Waals surface area contributed by atoms with E-state index in [0.29, 0.717) is 0 Å². The third-order valence-corrected chi connectivity index (χ3v) is 2.72. The number of nitrogens with one attached hydrogen (secondary N) is 1. The molecule has 2 aromatic rings. The molecule has 2 rings (SSSR count). The van der Waals surface area contributed by atoms with Crippen molar-refractivity contribution in [3.63, 3.8) is 0 Å². The summed E-state index contributed by atoms with van der Waals surface area (Å²) in [6.45, 7) is 5.55. The lowest BCUT2D eigenvalue weighted by atomic mass is 10.3. The maximum absolute atomic E-state index is 5.97. The van der Waals surface area contributed by atoms with E-state index in [1.165, 1.54) is 0 Å². The van der Waals surface area contributed by atoms with E-state index in [1.54, 1.807) is 6.26 Å². The Morgan fingerprint density at radius 3 is 3.00 bits per heavy atom. The molecule has 2 aromatic heterocycles. The average molecular weight is 234 g/mol. The molecule has 0 saturated heterocycles. The third kappa shape index (κ3) is 2.43. The van der Waals surface area contributed by atoms with Crippen LogP contribution in [0.1, 0.15) is 18.4 Å². The van der Waals surface area contributed by atoms with E-state index in [9.17, 15) is 0 Å². The molecule has 0 aromatic carbocycles. The first-order chi connectivity index (χ1) is 8.22. The Morgan fingerprint density at radius 2 is 2.35 bits per heavy atom. The summed E-state index contributed by atoms with van der Waals surface area (Å²) in [5.41, 5.74) is 7.57. The van der Waals surface area contributed by atoms with E-state index >= 15 is 0 Å². The van der Waals surface area contributed by atoms with E-state index in [1.807, 2.05) is 30.7 Å². The molecular weight excluding hydrogens is 216 g/mol. The summed E-state index contributed by atoms with van der Waals surface area (Å²) in [6, 6.07) is 3.86. The molecule has 0 saturated carbocycles. The van der Waals surface area contributed by atoms with Gasteiger partial charge in [-0.2, -0.15) is 5.10 Å². The molecule has 0 radical (unpaired) electrons. The second-order valence-corrected chi connectivity index (χ2v) is 3.92. The minimum atomic E-state index is 0.728. The highest BCUT2D eigenvalue weighted by Crippen LogP contribution is 2.21. The molecule has 0 aliphatic heterocycles. The van der Waals surface area contributed by atoms with E-state index in [4.69, 9.17) is 10.2 Å². The molecule has 0 aliphatic carbocycles. The smallest absolute Gasteiger partial charge is 0.148 e. The highest BCUT2D eigenvalue weighted by molar-refractivity contribution is 5.64. The molecule has 5 nitrogen and oxygen atoms in total. The number of hydrogen-bond acceptors (Lipinski definition) is 4. The molecule has 0 amide bonds. The first-order valence-electron chi connectivity index (χ1n) is 5.81. The summed E-state index contributed by atoms with van der Waals surface area (Å²) in [4.78, 5) is 0. The van der Waals surface area contributed by atoms with E-state index in [-0.39, 0.29) is 0 Å². The molecule has 0 spiro atoms. The maximum Gasteiger partial charge on any atom is 0.148 e. The second kappa shape index (κ2) is 4.95. The number of aryl methyl sites for hydroxylation is 2. The van der Waals surface area contributed by atoms with Gasteiger partial charge in [0, 0.05) is 19.5 Å². The number of anilines is 2. The lowest BCUT2D eigenvalue weighted by Crippen LogP contribution is -2.11. The molecule has 17 heavy (non-hydrogen) atoms. The number of rotatable bonds is 5. The van der Waals surface area contributed by atoms with Gasteiger partial charge in [0.2, 0.25) is 0 Å². The number of hydrogen-bond donors (Lipinski definition) is 2. The van der Waals surface area contributed by atoms with Crippen LogP contribution in [-0.4, -0.2) is 16.3 Å². The van der Waals surface area contributed by atoms with Crippen LogP contribution in [0.4, 0.5) is 11.5 Å². The van der Waals surface area contributed by atoms with Crippen LogP contribution in [0.15, 0.2) is 22.8 Å². The Hall–Kier alpha value is -1.91. The van der Waals surface area contributed by atoms with Crippen molar-refractivity contribution in [1.29, 1.82) is 0 Å². The van der Waals surface area contributed by atoms with Gasteiger partial charge in [-0.25, -0.2) is 4.68 Å². The predicted molar refractivity (Wildman–Crippen MR) is 68.0 cm³/mol. The van der Waals surface area contributed by atoms with Crippen LogP contribution in [-0.2, 0) is 13.0 Å². The summed E-state index contributed by atoms with van der Waals surface area (Å²) < 4.78 is 7.15. The SMILES string of the molecule is CCn1nc(C)c(N)c1NCCc1ccco1. The van der Waals surface area contributed by atoms with Gasteiger partial charge in [0.25, 0.3) is 0 Å². The molecule has 0 atom stereocenters. The van der Waals surface area contributed by atoms with Gasteiger partial charge in [0.1, 0.15) is 11.6 Å². The van der Waals surface area contributed by atoms with Crippen molar-refractivity contribution in [2.75, 3.05) is 17.6 Å². The Bertz CT molecular complexity index is 473. The standard InChI is InChI=1S/C12H18N4O/c1-3-16-12(11(13)9(2)15-16)14-7-6-10-5-4-8-17-10/h4-5,8,14H,3,6-7,13H2,1-2H3. The number of nitrogens with two attached hydrogens (primary N) is 1. The van der Waals surface area contributed by atoms with Crippen molar-refractivity contribution in [1.82, 2.24) is 9.78 Å². The van der Waals surface area contributed by atoms with Crippen LogP contribution in [0.25, 0.3) is 0 Å². The van der Waals surface area contributed by atoms with Crippen LogP contribution in [0, 0.1) is 6.92 Å². The summed E-state index contributed by atoms with van der Waals surface area (Å²) >= 11 is 0. The second-order valence-electron chi connectivity index (χ2n) is 3.92. The molecule has 92 valence electrons. The zero-order chi connectivity index (χ0) is 12.3. The topological polar surface area (TPSA) is 69.0 Å². The van der Waals surface area contributed by atoms with Crippen LogP contribution in [0.5, 0.6) is 0 Å². The fourth-order valence-corrected chi connectivity index (χ4v) is 1.77. The van der Waals surface area contributed by atoms with Gasteiger partial charge >= 0.3 is 0 Å². The highest BCUT2D eigenvalue weighted by atomic mass is 16.3. The number of nitrogens with zero attached hydrogens (tertiary/aromatic N) is 2. The molecule has 0 aliphatic rings. The monoisotopic (exact) mass is 234 g/mol. The van der Waals surface area contributed by atoms with Crippen LogP contribution in [0.3, 0.4) is 0 Å². The third-order valence-electron chi connectivity index (χ3n) is 2.72. The lowest BCUT2D eigenvalue weighted by molar-refractivity contribution is 0.512. The fraction of sp³-hybridized carbons (Fsp3) is 0.417. The first kappa shape index (κ1) is 11.6. The normalized spacial score (nSPS) is 10.7. The Kier molecular flexibility index (Phi) is 3.37. The lowest BCUT2D eigenvalue weighted by Gasteiger charge is -2.08. The Morgan fingerprint density at radius 1 is 1.53 bits per heavy atom. The minimum absolute atomic E-state index is 0.728. The quantitative estimate of drug-likeness (QED) is 0.830. The molecule has 0 fully saturated rings. The molecule has 0 unspecified atom stereocenters. The van der Waals surface area contributed by atoms with Gasteiger partial charge < -0.3 is 15.5 Å². The average Bonchev–Trinajstić information content (AvgIpc) is 2.92. The van der Waals surface area contributed by atoms with Crippen LogP contribution < -0.4 is 11.1 Å². The zero-order valence-corrected chi connectivity index (χ0v) is 10.2. The van der Waals surface area contributed by atoms with E-state index in [0.717, 1.165) is 42.5 Å². The highest BCUT2D eigenvalue weighted by Gasteiger charge is 2.10. The van der Waals surface area contributed by atoms with Gasteiger partial charge in [-0.1, -0.05) is 0 Å². The van der Waals surface area contributed by atoms with E-state index in [2.05, 4.69) is 10.4 Å². The maximum atomic E-state index is 5.97. The van der Waals surface area contributed by atoms with Crippen molar-refractivity contribution >= 4 is 11.5 Å². The first-order valence-corrected chi connectivity index (χ1v) is 5.81. The van der Waals surface area contributed by atoms with Gasteiger partial charge in [0.05, 0.1) is 17.6 Å².